The third-order valence-electron chi connectivity index (χ3n) is 2.48. The minimum atomic E-state index is -4.84. The van der Waals surface area contributed by atoms with Gasteiger partial charge in [0, 0.05) is 6.54 Å². The van der Waals surface area contributed by atoms with Gasteiger partial charge in [0.05, 0.1) is 12.8 Å². The highest BCUT2D eigenvalue weighted by Gasteiger charge is 2.33. The number of nitrogens with one attached hydrogen (secondary N) is 1. The van der Waals surface area contributed by atoms with Gasteiger partial charge in [-0.2, -0.15) is 16.8 Å². The van der Waals surface area contributed by atoms with Crippen LogP contribution >= 0.6 is 0 Å². The van der Waals surface area contributed by atoms with Gasteiger partial charge in [0.1, 0.15) is 0 Å². The SMILES string of the molecule is NCCCNO.O=C(O)CC(C(=O)O)S(=O)(=O)O.O=C(O)CC(C(=O)O)S(=O)(=O)O. The Balaban J connectivity index is -0.000000386. The van der Waals surface area contributed by atoms with Gasteiger partial charge in [-0.3, -0.25) is 28.3 Å². The van der Waals surface area contributed by atoms with Crippen LogP contribution in [0.15, 0.2) is 0 Å². The molecule has 0 aromatic carbocycles. The summed E-state index contributed by atoms with van der Waals surface area (Å²) in [4.78, 5) is 40.0. The molecule has 0 saturated heterocycles. The molecule has 0 aliphatic heterocycles. The molecule has 0 heterocycles. The second kappa shape index (κ2) is 15.4. The van der Waals surface area contributed by atoms with Gasteiger partial charge in [-0.25, -0.2) is 5.48 Å². The highest BCUT2D eigenvalue weighted by atomic mass is 32.2. The van der Waals surface area contributed by atoms with Crippen LogP contribution in [0.5, 0.6) is 0 Å². The fourth-order valence-corrected chi connectivity index (χ4v) is 2.35. The van der Waals surface area contributed by atoms with Crippen molar-refractivity contribution >= 4 is 44.1 Å². The molecule has 0 spiro atoms. The maximum atomic E-state index is 10.2. The van der Waals surface area contributed by atoms with Crippen LogP contribution < -0.4 is 11.2 Å². The molecule has 0 fully saturated rings. The van der Waals surface area contributed by atoms with E-state index in [2.05, 4.69) is 0 Å². The molecule has 30 heavy (non-hydrogen) atoms. The number of hydrogen-bond acceptors (Lipinski definition) is 11. The van der Waals surface area contributed by atoms with Gasteiger partial charge >= 0.3 is 23.9 Å². The number of carboxylic acid groups (broad SMARTS) is 4. The standard InChI is InChI=1S/2C4H6O7S.C3H10N2O/c2*5-3(6)1-2(4(7)8)12(9,10)11;4-2-1-3-5-6/h2*2H,1H2,(H,5,6)(H,7,8)(H,9,10,11);5-6H,1-4H2. The lowest BCUT2D eigenvalue weighted by Gasteiger charge is -2.04. The first-order valence-electron chi connectivity index (χ1n) is 7.30. The third kappa shape index (κ3) is 18.9. The summed E-state index contributed by atoms with van der Waals surface area (Å²) in [7, 11) is -9.68. The van der Waals surface area contributed by atoms with Crippen molar-refractivity contribution in [1.29, 1.82) is 0 Å². The van der Waals surface area contributed by atoms with E-state index in [1.807, 2.05) is 5.48 Å². The molecule has 0 bridgehead atoms. The van der Waals surface area contributed by atoms with Gasteiger partial charge in [0.15, 0.2) is 10.5 Å². The number of hydrogen-bond donors (Lipinski definition) is 9. The summed E-state index contributed by atoms with van der Waals surface area (Å²) >= 11 is 0. The van der Waals surface area contributed by atoms with Gasteiger partial charge < -0.3 is 31.4 Å². The number of carbonyl (C=O) groups is 4. The first kappa shape index (κ1) is 32.3. The summed E-state index contributed by atoms with van der Waals surface area (Å²) in [5, 5.41) is 35.7. The molecule has 0 radical (unpaired) electrons. The van der Waals surface area contributed by atoms with Crippen molar-refractivity contribution in [2.45, 2.75) is 29.8 Å². The lowest BCUT2D eigenvalue weighted by atomic mass is 10.3. The Hall–Kier alpha value is -2.42. The van der Waals surface area contributed by atoms with Gasteiger partial charge in [-0.05, 0) is 13.0 Å². The van der Waals surface area contributed by atoms with E-state index in [1.165, 1.54) is 0 Å². The summed E-state index contributed by atoms with van der Waals surface area (Å²) in [5.74, 6) is -7.00. The summed E-state index contributed by atoms with van der Waals surface area (Å²) in [6.07, 6.45) is -1.49. The first-order chi connectivity index (χ1) is 13.4. The van der Waals surface area contributed by atoms with Crippen LogP contribution in [0.4, 0.5) is 0 Å². The summed E-state index contributed by atoms with van der Waals surface area (Å²) in [6, 6.07) is 0. The third-order valence-corrected chi connectivity index (χ3v) is 4.66. The molecule has 2 atom stereocenters. The normalized spacial score (nSPS) is 12.8. The van der Waals surface area contributed by atoms with E-state index in [-0.39, 0.29) is 0 Å². The van der Waals surface area contributed by atoms with Crippen molar-refractivity contribution in [3.8, 4) is 0 Å². The number of rotatable bonds is 11. The molecular weight excluding hydrogens is 464 g/mol. The van der Waals surface area contributed by atoms with Crippen molar-refractivity contribution in [3.05, 3.63) is 0 Å². The maximum absolute atomic E-state index is 10.2. The molecule has 0 aromatic rings. The zero-order valence-electron chi connectivity index (χ0n) is 15.0. The van der Waals surface area contributed by atoms with Crippen LogP contribution in [0.25, 0.3) is 0 Å². The predicted molar refractivity (Wildman–Crippen MR) is 93.9 cm³/mol. The predicted octanol–water partition coefficient (Wildman–Crippen LogP) is -3.08. The lowest BCUT2D eigenvalue weighted by Crippen LogP contribution is -2.31. The smallest absolute Gasteiger partial charge is 0.325 e. The Morgan fingerprint density at radius 2 is 1.07 bits per heavy atom. The Labute approximate surface area is 169 Å². The number of carboxylic acids is 4. The zero-order chi connectivity index (χ0) is 24.7. The number of nitrogens with two attached hydrogens (primary N) is 1. The largest absolute Gasteiger partial charge is 0.481 e. The highest BCUT2D eigenvalue weighted by Crippen LogP contribution is 2.05. The second-order valence-corrected chi connectivity index (χ2v) is 8.13. The quantitative estimate of drug-likeness (QED) is 0.0793. The first-order valence-corrected chi connectivity index (χ1v) is 10.3. The molecule has 0 aromatic heterocycles. The number of aliphatic carboxylic acids is 4. The van der Waals surface area contributed by atoms with E-state index < -0.39 is 67.5 Å². The van der Waals surface area contributed by atoms with E-state index in [4.69, 9.17) is 40.5 Å². The monoisotopic (exact) mass is 486 g/mol. The molecule has 0 amide bonds. The van der Waals surface area contributed by atoms with Gasteiger partial charge in [-0.15, -0.1) is 0 Å². The summed E-state index contributed by atoms with van der Waals surface area (Å²) in [5.41, 5.74) is 7.05. The molecular formula is C11H22N2O15S2. The van der Waals surface area contributed by atoms with Crippen molar-refractivity contribution in [3.63, 3.8) is 0 Å². The summed E-state index contributed by atoms with van der Waals surface area (Å²) < 4.78 is 57.3. The molecule has 10 N–H and O–H groups in total. The minimum absolute atomic E-state index is 0.594. The fraction of sp³-hybridized carbons (Fsp3) is 0.636. The molecule has 0 rings (SSSR count). The topological polar surface area (TPSA) is 316 Å². The Morgan fingerprint density at radius 1 is 0.767 bits per heavy atom. The molecule has 19 heteroatoms. The van der Waals surface area contributed by atoms with Crippen LogP contribution in [0, 0.1) is 0 Å². The van der Waals surface area contributed by atoms with Gasteiger partial charge in [0.25, 0.3) is 20.2 Å². The van der Waals surface area contributed by atoms with Crippen molar-refractivity contribution < 1.29 is 70.8 Å². The zero-order valence-corrected chi connectivity index (χ0v) is 16.6. The Morgan fingerprint density at radius 3 is 1.13 bits per heavy atom. The molecule has 0 aliphatic carbocycles. The van der Waals surface area contributed by atoms with E-state index in [1.54, 1.807) is 0 Å². The molecule has 178 valence electrons. The highest BCUT2D eigenvalue weighted by molar-refractivity contribution is 7.87. The fourth-order valence-electron chi connectivity index (χ4n) is 1.14. The van der Waals surface area contributed by atoms with Crippen LogP contribution in [-0.4, -0.2) is 99.0 Å². The molecule has 0 aliphatic rings. The molecule has 2 unspecified atom stereocenters. The Kier molecular flexibility index (Phi) is 16.6. The van der Waals surface area contributed by atoms with E-state index in [0.717, 1.165) is 6.42 Å². The van der Waals surface area contributed by atoms with Crippen LogP contribution in [0.2, 0.25) is 0 Å². The van der Waals surface area contributed by atoms with Gasteiger partial charge in [0.2, 0.25) is 0 Å². The Bertz CT molecular complexity index is 710. The van der Waals surface area contributed by atoms with Crippen molar-refractivity contribution in [2.75, 3.05) is 13.1 Å². The van der Waals surface area contributed by atoms with Crippen molar-refractivity contribution in [2.24, 2.45) is 5.73 Å². The maximum Gasteiger partial charge on any atom is 0.325 e. The van der Waals surface area contributed by atoms with E-state index >= 15 is 0 Å². The average Bonchev–Trinajstić information content (AvgIpc) is 2.54. The molecule has 17 nitrogen and oxygen atoms in total. The van der Waals surface area contributed by atoms with Crippen LogP contribution in [-0.2, 0) is 39.4 Å². The van der Waals surface area contributed by atoms with E-state index in [0.29, 0.717) is 13.1 Å². The van der Waals surface area contributed by atoms with E-state index in [9.17, 15) is 36.0 Å². The summed E-state index contributed by atoms with van der Waals surface area (Å²) in [6.45, 7) is 1.23. The second-order valence-electron chi connectivity index (χ2n) is 4.93. The number of hydroxylamine groups is 1. The van der Waals surface area contributed by atoms with Crippen LogP contribution in [0.3, 0.4) is 0 Å². The van der Waals surface area contributed by atoms with Crippen LogP contribution in [0.1, 0.15) is 19.3 Å². The lowest BCUT2D eigenvalue weighted by molar-refractivity contribution is -0.143. The molecule has 0 saturated carbocycles. The van der Waals surface area contributed by atoms with Crippen molar-refractivity contribution in [1.82, 2.24) is 5.48 Å². The van der Waals surface area contributed by atoms with Gasteiger partial charge in [-0.1, -0.05) is 0 Å². The average molecular weight is 486 g/mol. The minimum Gasteiger partial charge on any atom is -0.481 e.